The summed E-state index contributed by atoms with van der Waals surface area (Å²) in [5.41, 5.74) is 1.46. The van der Waals surface area contributed by atoms with Crippen LogP contribution in [0.15, 0.2) is 24.7 Å². The van der Waals surface area contributed by atoms with Crippen molar-refractivity contribution in [3.63, 3.8) is 0 Å². The molecule has 0 saturated carbocycles. The third kappa shape index (κ3) is 5.86. The predicted octanol–water partition coefficient (Wildman–Crippen LogP) is 3.83. The highest BCUT2D eigenvalue weighted by Crippen LogP contribution is 2.29. The van der Waals surface area contributed by atoms with Gasteiger partial charge in [0.25, 0.3) is 0 Å². The third-order valence-electron chi connectivity index (χ3n) is 5.72. The van der Waals surface area contributed by atoms with Crippen molar-refractivity contribution in [2.75, 3.05) is 25.0 Å². The zero-order valence-corrected chi connectivity index (χ0v) is 21.2. The van der Waals surface area contributed by atoms with Gasteiger partial charge in [-0.3, -0.25) is 4.68 Å². The van der Waals surface area contributed by atoms with Crippen molar-refractivity contribution in [1.82, 2.24) is 29.2 Å². The van der Waals surface area contributed by atoms with E-state index in [0.29, 0.717) is 50.3 Å². The van der Waals surface area contributed by atoms with Crippen LogP contribution < -0.4 is 10.1 Å². The summed E-state index contributed by atoms with van der Waals surface area (Å²) in [5, 5.41) is 17.5. The number of amides is 1. The van der Waals surface area contributed by atoms with E-state index in [9.17, 15) is 9.90 Å². The number of nitrogens with zero attached hydrogens (tertiary/aromatic N) is 6. The van der Waals surface area contributed by atoms with Gasteiger partial charge in [-0.15, -0.1) is 0 Å². The van der Waals surface area contributed by atoms with Crippen LogP contribution in [-0.4, -0.2) is 74.3 Å². The Morgan fingerprint density at radius 1 is 1.32 bits per heavy atom. The van der Waals surface area contributed by atoms with E-state index in [4.69, 9.17) is 14.5 Å². The van der Waals surface area contributed by atoms with Crippen molar-refractivity contribution in [2.24, 2.45) is 0 Å². The molecule has 0 aliphatic carbocycles. The molecule has 12 heteroatoms. The Kier molecular flexibility index (Phi) is 7.07. The molecule has 0 unspecified atom stereocenters. The first-order valence-corrected chi connectivity index (χ1v) is 15.3. The number of rotatable bonds is 10. The number of hydrogen-bond acceptors (Lipinski definition) is 7. The molecule has 0 radical (unpaired) electrons. The van der Waals surface area contributed by atoms with Crippen LogP contribution in [0.2, 0.25) is 25.7 Å². The summed E-state index contributed by atoms with van der Waals surface area (Å²) in [5.74, 6) is 0.807. The number of fused-ring (bicyclic) bond motifs is 1. The minimum atomic E-state index is -1.17. The topological polar surface area (TPSA) is 120 Å². The van der Waals surface area contributed by atoms with Gasteiger partial charge < -0.3 is 29.4 Å². The summed E-state index contributed by atoms with van der Waals surface area (Å²) in [7, 11) is -1.17. The molecule has 1 atom stereocenters. The molecule has 1 fully saturated rings. The fraction of sp³-hybridized carbons (Fsp3) is 0.545. The molecular weight excluding hydrogens is 454 g/mol. The molecule has 34 heavy (non-hydrogen) atoms. The SMILES string of the molecule is CCn1cc(Nc2nc(O[C@@H]3CCN(C(=O)O)C3)c3ccn(COCC[Si](C)(C)C)c3n2)cn1. The van der Waals surface area contributed by atoms with E-state index >= 15 is 0 Å². The molecule has 11 nitrogen and oxygen atoms in total. The van der Waals surface area contributed by atoms with Crippen LogP contribution in [-0.2, 0) is 18.0 Å². The summed E-state index contributed by atoms with van der Waals surface area (Å²) >= 11 is 0. The molecule has 2 N–H and O–H groups in total. The predicted molar refractivity (Wildman–Crippen MR) is 131 cm³/mol. The molecule has 4 heterocycles. The number of nitrogens with one attached hydrogen (secondary N) is 1. The maximum Gasteiger partial charge on any atom is 0.407 e. The quantitative estimate of drug-likeness (QED) is 0.327. The molecule has 4 rings (SSSR count). The molecule has 3 aromatic heterocycles. The van der Waals surface area contributed by atoms with Gasteiger partial charge in [-0.2, -0.15) is 15.1 Å². The highest BCUT2D eigenvalue weighted by atomic mass is 28.3. The van der Waals surface area contributed by atoms with Crippen LogP contribution in [0.4, 0.5) is 16.4 Å². The molecule has 3 aromatic rings. The standard InChI is InChI=1S/C22H33N7O4Si/c1-5-29-13-16(12-23-29)24-21-25-19-18(7-9-28(19)15-32-10-11-34(2,3)4)20(26-21)33-17-6-8-27(14-17)22(30)31/h7,9,12-13,17H,5-6,8,10-11,14-15H2,1-4H3,(H,30,31)(H,24,25,26)/t17-/m1/s1. The van der Waals surface area contributed by atoms with Crippen molar-refractivity contribution < 1.29 is 19.4 Å². The lowest BCUT2D eigenvalue weighted by molar-refractivity contribution is 0.0898. The molecule has 1 aliphatic heterocycles. The van der Waals surface area contributed by atoms with Crippen LogP contribution in [0.5, 0.6) is 5.88 Å². The van der Waals surface area contributed by atoms with E-state index in [1.54, 1.807) is 6.20 Å². The summed E-state index contributed by atoms with van der Waals surface area (Å²) in [6.07, 6.45) is 4.94. The second-order valence-electron chi connectivity index (χ2n) is 9.69. The number of hydrogen-bond donors (Lipinski definition) is 2. The van der Waals surface area contributed by atoms with Gasteiger partial charge in [-0.1, -0.05) is 19.6 Å². The number of anilines is 2. The van der Waals surface area contributed by atoms with E-state index < -0.39 is 14.2 Å². The van der Waals surface area contributed by atoms with Crippen LogP contribution >= 0.6 is 0 Å². The second kappa shape index (κ2) is 10.0. The van der Waals surface area contributed by atoms with Crippen LogP contribution in [0.3, 0.4) is 0 Å². The van der Waals surface area contributed by atoms with Gasteiger partial charge in [0.1, 0.15) is 12.8 Å². The Morgan fingerprint density at radius 2 is 2.15 bits per heavy atom. The lowest BCUT2D eigenvalue weighted by Gasteiger charge is -2.16. The van der Waals surface area contributed by atoms with E-state index in [1.165, 1.54) is 4.90 Å². The Balaban J connectivity index is 1.58. The molecule has 1 aliphatic rings. The fourth-order valence-corrected chi connectivity index (χ4v) is 4.47. The van der Waals surface area contributed by atoms with Gasteiger partial charge in [-0.05, 0) is 19.0 Å². The number of aromatic nitrogens is 5. The first kappa shape index (κ1) is 24.0. The second-order valence-corrected chi connectivity index (χ2v) is 15.3. The van der Waals surface area contributed by atoms with Crippen molar-refractivity contribution in [1.29, 1.82) is 0 Å². The first-order chi connectivity index (χ1) is 16.2. The summed E-state index contributed by atoms with van der Waals surface area (Å²) < 4.78 is 15.9. The zero-order chi connectivity index (χ0) is 24.3. The molecule has 184 valence electrons. The molecule has 0 spiro atoms. The van der Waals surface area contributed by atoms with Gasteiger partial charge in [0, 0.05) is 46.6 Å². The number of carbonyl (C=O) groups is 1. The molecule has 1 saturated heterocycles. The minimum absolute atomic E-state index is 0.263. The monoisotopic (exact) mass is 487 g/mol. The van der Waals surface area contributed by atoms with Crippen LogP contribution in [0.1, 0.15) is 13.3 Å². The fourth-order valence-electron chi connectivity index (χ4n) is 3.71. The van der Waals surface area contributed by atoms with Crippen molar-refractivity contribution >= 4 is 36.8 Å². The van der Waals surface area contributed by atoms with E-state index in [1.807, 2.05) is 34.6 Å². The average molecular weight is 488 g/mol. The normalized spacial score (nSPS) is 16.4. The van der Waals surface area contributed by atoms with Crippen molar-refractivity contribution in [2.45, 2.75) is 58.4 Å². The smallest absolute Gasteiger partial charge is 0.407 e. The Morgan fingerprint density at radius 3 is 2.82 bits per heavy atom. The van der Waals surface area contributed by atoms with Crippen molar-refractivity contribution in [3.05, 3.63) is 24.7 Å². The van der Waals surface area contributed by atoms with E-state index in [2.05, 4.69) is 35.0 Å². The lowest BCUT2D eigenvalue weighted by atomic mass is 10.3. The van der Waals surface area contributed by atoms with Crippen molar-refractivity contribution in [3.8, 4) is 5.88 Å². The van der Waals surface area contributed by atoms with E-state index in [0.717, 1.165) is 23.7 Å². The highest BCUT2D eigenvalue weighted by Gasteiger charge is 2.28. The number of carboxylic acid groups (broad SMARTS) is 1. The van der Waals surface area contributed by atoms with Crippen LogP contribution in [0.25, 0.3) is 11.0 Å². The third-order valence-corrected chi connectivity index (χ3v) is 7.42. The molecule has 0 aromatic carbocycles. The molecular formula is C22H33N7O4Si. The Hall–Kier alpha value is -3.12. The number of likely N-dealkylation sites (tertiary alicyclic amines) is 1. The van der Waals surface area contributed by atoms with Gasteiger partial charge in [0.2, 0.25) is 11.8 Å². The van der Waals surface area contributed by atoms with Gasteiger partial charge in [-0.25, -0.2) is 4.79 Å². The summed E-state index contributed by atoms with van der Waals surface area (Å²) in [6.45, 7) is 11.6. The van der Waals surface area contributed by atoms with Gasteiger partial charge in [0.15, 0.2) is 5.65 Å². The Bertz CT molecular complexity index is 1140. The van der Waals surface area contributed by atoms with E-state index in [-0.39, 0.29) is 6.10 Å². The maximum atomic E-state index is 11.3. The number of ether oxygens (including phenoxy) is 2. The molecule has 1 amide bonds. The highest BCUT2D eigenvalue weighted by molar-refractivity contribution is 6.76. The maximum absolute atomic E-state index is 11.3. The number of aryl methyl sites for hydroxylation is 1. The van der Waals surface area contributed by atoms with Gasteiger partial charge in [0.05, 0.1) is 23.8 Å². The zero-order valence-electron chi connectivity index (χ0n) is 20.2. The largest absolute Gasteiger partial charge is 0.472 e. The minimum Gasteiger partial charge on any atom is -0.472 e. The van der Waals surface area contributed by atoms with Crippen LogP contribution in [0, 0.1) is 0 Å². The van der Waals surface area contributed by atoms with Gasteiger partial charge >= 0.3 is 6.09 Å². The lowest BCUT2D eigenvalue weighted by Crippen LogP contribution is -2.29. The summed E-state index contributed by atoms with van der Waals surface area (Å²) in [6, 6.07) is 3.00. The molecule has 0 bridgehead atoms. The first-order valence-electron chi connectivity index (χ1n) is 11.6. The average Bonchev–Trinajstić information content (AvgIpc) is 3.51. The summed E-state index contributed by atoms with van der Waals surface area (Å²) in [4.78, 5) is 22.0. The Labute approximate surface area is 199 Å².